The van der Waals surface area contributed by atoms with Gasteiger partial charge in [-0.25, -0.2) is 4.98 Å². The van der Waals surface area contributed by atoms with Gasteiger partial charge in [0.1, 0.15) is 5.75 Å². The van der Waals surface area contributed by atoms with E-state index in [0.717, 1.165) is 22.7 Å². The Morgan fingerprint density at radius 2 is 1.92 bits per heavy atom. The Bertz CT molecular complexity index is 828. The number of rotatable bonds is 6. The van der Waals surface area contributed by atoms with Gasteiger partial charge in [-0.15, -0.1) is 0 Å². The highest BCUT2D eigenvalue weighted by Crippen LogP contribution is 2.16. The molecule has 25 heavy (non-hydrogen) atoms. The molecular formula is C19H20N4O2. The number of hydrogen-bond donors (Lipinski definition) is 1. The molecule has 128 valence electrons. The van der Waals surface area contributed by atoms with Crippen LogP contribution >= 0.6 is 0 Å². The van der Waals surface area contributed by atoms with Gasteiger partial charge in [0.05, 0.1) is 19.3 Å². The number of aromatic amines is 1. The summed E-state index contributed by atoms with van der Waals surface area (Å²) in [6, 6.07) is 13.3. The first kappa shape index (κ1) is 16.7. The number of carbonyl (C=O) groups is 1. The third-order valence-electron chi connectivity index (χ3n) is 3.80. The van der Waals surface area contributed by atoms with Crippen molar-refractivity contribution in [3.05, 3.63) is 77.6 Å². The highest BCUT2D eigenvalue weighted by atomic mass is 16.5. The maximum absolute atomic E-state index is 12.9. The number of pyridine rings is 1. The monoisotopic (exact) mass is 336 g/mol. The molecule has 1 aromatic carbocycles. The van der Waals surface area contributed by atoms with Crippen LogP contribution in [-0.2, 0) is 13.1 Å². The fourth-order valence-electron chi connectivity index (χ4n) is 2.51. The number of nitrogens with zero attached hydrogens (tertiary/aromatic N) is 3. The van der Waals surface area contributed by atoms with Crippen LogP contribution in [0.2, 0.25) is 0 Å². The summed E-state index contributed by atoms with van der Waals surface area (Å²) in [6.45, 7) is 2.74. The molecule has 6 heteroatoms. The minimum Gasteiger partial charge on any atom is -0.497 e. The van der Waals surface area contributed by atoms with E-state index in [2.05, 4.69) is 15.0 Å². The predicted molar refractivity (Wildman–Crippen MR) is 94.1 cm³/mol. The molecule has 0 aliphatic rings. The number of imidazole rings is 1. The molecule has 0 radical (unpaired) electrons. The van der Waals surface area contributed by atoms with E-state index in [1.165, 1.54) is 0 Å². The first-order valence-electron chi connectivity index (χ1n) is 7.99. The number of H-pyrrole nitrogens is 1. The summed E-state index contributed by atoms with van der Waals surface area (Å²) in [5, 5.41) is 0. The van der Waals surface area contributed by atoms with Crippen molar-refractivity contribution in [3.8, 4) is 5.75 Å². The van der Waals surface area contributed by atoms with Gasteiger partial charge >= 0.3 is 0 Å². The number of benzene rings is 1. The second-order valence-corrected chi connectivity index (χ2v) is 5.75. The van der Waals surface area contributed by atoms with E-state index in [4.69, 9.17) is 4.74 Å². The fourth-order valence-corrected chi connectivity index (χ4v) is 2.51. The van der Waals surface area contributed by atoms with Gasteiger partial charge in [-0.2, -0.15) is 0 Å². The van der Waals surface area contributed by atoms with Gasteiger partial charge in [-0.1, -0.05) is 18.2 Å². The van der Waals surface area contributed by atoms with Crippen molar-refractivity contribution in [3.63, 3.8) is 0 Å². The van der Waals surface area contributed by atoms with Gasteiger partial charge in [-0.3, -0.25) is 9.78 Å². The third-order valence-corrected chi connectivity index (χ3v) is 3.80. The number of methoxy groups -OCH3 is 1. The summed E-state index contributed by atoms with van der Waals surface area (Å²) >= 11 is 0. The Balaban J connectivity index is 1.83. The number of amides is 1. The van der Waals surface area contributed by atoms with E-state index in [-0.39, 0.29) is 5.91 Å². The first-order valence-corrected chi connectivity index (χ1v) is 7.99. The summed E-state index contributed by atoms with van der Waals surface area (Å²) in [5.41, 5.74) is 2.69. The highest BCUT2D eigenvalue weighted by Gasteiger charge is 2.19. The van der Waals surface area contributed by atoms with Crippen molar-refractivity contribution in [1.82, 2.24) is 19.9 Å². The van der Waals surface area contributed by atoms with Crippen LogP contribution < -0.4 is 4.74 Å². The maximum atomic E-state index is 12.9. The molecule has 3 rings (SSSR count). The first-order chi connectivity index (χ1) is 12.2. The molecule has 0 bridgehead atoms. The summed E-state index contributed by atoms with van der Waals surface area (Å²) in [5.74, 6) is 0.963. The lowest BCUT2D eigenvalue weighted by Crippen LogP contribution is -2.31. The minimum atomic E-state index is -0.158. The van der Waals surface area contributed by atoms with Crippen LogP contribution in [0.1, 0.15) is 27.6 Å². The average molecular weight is 336 g/mol. The Morgan fingerprint density at radius 1 is 1.12 bits per heavy atom. The van der Waals surface area contributed by atoms with Gasteiger partial charge in [0, 0.05) is 24.6 Å². The van der Waals surface area contributed by atoms with E-state index in [9.17, 15) is 4.79 Å². The lowest BCUT2D eigenvalue weighted by molar-refractivity contribution is 0.0716. The topological polar surface area (TPSA) is 71.1 Å². The summed E-state index contributed by atoms with van der Waals surface area (Å²) in [7, 11) is 1.63. The summed E-state index contributed by atoms with van der Waals surface area (Å²) < 4.78 is 5.18. The molecule has 0 aliphatic carbocycles. The molecular weight excluding hydrogens is 316 g/mol. The second-order valence-electron chi connectivity index (χ2n) is 5.75. The molecule has 0 spiro atoms. The van der Waals surface area contributed by atoms with Crippen LogP contribution in [0.3, 0.4) is 0 Å². The standard InChI is InChI=1S/C19H20N4O2/c1-14-11-21-18(22-14)19(24)23(13-16-5-3-4-10-20-16)12-15-6-8-17(25-2)9-7-15/h3-11H,12-13H2,1-2H3,(H,21,22). The van der Waals surface area contributed by atoms with Crippen LogP contribution in [-0.4, -0.2) is 32.9 Å². The van der Waals surface area contributed by atoms with Crippen molar-refractivity contribution in [2.75, 3.05) is 7.11 Å². The van der Waals surface area contributed by atoms with Gasteiger partial charge < -0.3 is 14.6 Å². The van der Waals surface area contributed by atoms with E-state index in [0.29, 0.717) is 18.9 Å². The molecule has 1 amide bonds. The van der Waals surface area contributed by atoms with Crippen LogP contribution in [0.4, 0.5) is 0 Å². The number of hydrogen-bond acceptors (Lipinski definition) is 4. The van der Waals surface area contributed by atoms with Gasteiger partial charge in [0.15, 0.2) is 5.82 Å². The number of aryl methyl sites for hydroxylation is 1. The number of nitrogens with one attached hydrogen (secondary N) is 1. The zero-order valence-electron chi connectivity index (χ0n) is 14.3. The Kier molecular flexibility index (Phi) is 5.09. The Labute approximate surface area is 146 Å². The van der Waals surface area contributed by atoms with Crippen LogP contribution in [0.15, 0.2) is 54.9 Å². The smallest absolute Gasteiger partial charge is 0.290 e. The lowest BCUT2D eigenvalue weighted by Gasteiger charge is -2.21. The zero-order valence-corrected chi connectivity index (χ0v) is 14.3. The molecule has 1 N–H and O–H groups in total. The van der Waals surface area contributed by atoms with Crippen LogP contribution in [0.5, 0.6) is 5.75 Å². The highest BCUT2D eigenvalue weighted by molar-refractivity contribution is 5.90. The molecule has 0 saturated carbocycles. The number of aromatic nitrogens is 3. The van der Waals surface area contributed by atoms with Crippen molar-refractivity contribution >= 4 is 5.91 Å². The Morgan fingerprint density at radius 3 is 2.52 bits per heavy atom. The van der Waals surface area contributed by atoms with Gasteiger partial charge in [0.2, 0.25) is 0 Å². The minimum absolute atomic E-state index is 0.158. The van der Waals surface area contributed by atoms with Crippen molar-refractivity contribution < 1.29 is 9.53 Å². The van der Waals surface area contributed by atoms with E-state index in [1.807, 2.05) is 49.4 Å². The predicted octanol–water partition coefficient (Wildman–Crippen LogP) is 2.96. The number of ether oxygens (including phenoxy) is 1. The number of carbonyl (C=O) groups excluding carboxylic acids is 1. The normalized spacial score (nSPS) is 10.5. The lowest BCUT2D eigenvalue weighted by atomic mass is 10.2. The SMILES string of the molecule is COc1ccc(CN(Cc2ccccn2)C(=O)c2ncc(C)[nH]2)cc1. The molecule has 2 aromatic heterocycles. The average Bonchev–Trinajstić information content (AvgIpc) is 3.08. The van der Waals surface area contributed by atoms with Crippen molar-refractivity contribution in [1.29, 1.82) is 0 Å². The van der Waals surface area contributed by atoms with Crippen LogP contribution in [0.25, 0.3) is 0 Å². The Hall–Kier alpha value is -3.15. The van der Waals surface area contributed by atoms with Crippen molar-refractivity contribution in [2.45, 2.75) is 20.0 Å². The molecule has 0 aliphatic heterocycles. The molecule has 0 unspecified atom stereocenters. The van der Waals surface area contributed by atoms with E-state index >= 15 is 0 Å². The molecule has 3 aromatic rings. The fraction of sp³-hybridized carbons (Fsp3) is 0.211. The quantitative estimate of drug-likeness (QED) is 0.751. The van der Waals surface area contributed by atoms with Crippen molar-refractivity contribution in [2.24, 2.45) is 0 Å². The molecule has 0 fully saturated rings. The summed E-state index contributed by atoms with van der Waals surface area (Å²) in [4.78, 5) is 26.1. The third kappa shape index (κ3) is 4.23. The van der Waals surface area contributed by atoms with E-state index in [1.54, 1.807) is 24.4 Å². The molecule has 2 heterocycles. The zero-order chi connectivity index (χ0) is 17.6. The second kappa shape index (κ2) is 7.61. The van der Waals surface area contributed by atoms with Crippen LogP contribution in [0, 0.1) is 6.92 Å². The van der Waals surface area contributed by atoms with Gasteiger partial charge in [0.25, 0.3) is 5.91 Å². The molecule has 0 saturated heterocycles. The largest absolute Gasteiger partial charge is 0.497 e. The molecule has 6 nitrogen and oxygen atoms in total. The van der Waals surface area contributed by atoms with E-state index < -0.39 is 0 Å². The van der Waals surface area contributed by atoms with Gasteiger partial charge in [-0.05, 0) is 36.8 Å². The molecule has 0 atom stereocenters. The maximum Gasteiger partial charge on any atom is 0.290 e. The summed E-state index contributed by atoms with van der Waals surface area (Å²) in [6.07, 6.45) is 3.38.